The van der Waals surface area contributed by atoms with Crippen LogP contribution in [0.25, 0.3) is 10.8 Å². The number of nitrogens with zero attached hydrogens (tertiary/aromatic N) is 1. The second kappa shape index (κ2) is 8.26. The molecular formula is C20H17IN2O4. The van der Waals surface area contributed by atoms with Crippen molar-refractivity contribution in [1.29, 1.82) is 0 Å². The number of hydrogen-bond acceptors (Lipinski definition) is 5. The Labute approximate surface area is 169 Å². The van der Waals surface area contributed by atoms with Gasteiger partial charge in [0.2, 0.25) is 0 Å². The van der Waals surface area contributed by atoms with Crippen molar-refractivity contribution in [3.05, 3.63) is 63.2 Å². The van der Waals surface area contributed by atoms with Crippen LogP contribution in [0.2, 0.25) is 0 Å². The molecule has 3 aromatic rings. The molecule has 138 valence electrons. The zero-order valence-corrected chi connectivity index (χ0v) is 16.9. The molecule has 0 heterocycles. The molecule has 0 aliphatic heterocycles. The molecule has 0 bridgehead atoms. The molecule has 1 amide bonds. The van der Waals surface area contributed by atoms with Crippen molar-refractivity contribution in [2.75, 3.05) is 14.2 Å². The molecule has 0 saturated heterocycles. The van der Waals surface area contributed by atoms with E-state index in [9.17, 15) is 9.90 Å². The molecule has 3 rings (SSSR count). The first kappa shape index (κ1) is 19.0. The van der Waals surface area contributed by atoms with E-state index < -0.39 is 0 Å². The van der Waals surface area contributed by atoms with E-state index in [-0.39, 0.29) is 11.7 Å². The number of hydrazone groups is 1. The van der Waals surface area contributed by atoms with E-state index in [4.69, 9.17) is 9.47 Å². The molecule has 3 aromatic carbocycles. The zero-order valence-electron chi connectivity index (χ0n) is 14.7. The van der Waals surface area contributed by atoms with Crippen molar-refractivity contribution >= 4 is 45.5 Å². The maximum atomic E-state index is 12.5. The summed E-state index contributed by atoms with van der Waals surface area (Å²) in [5.41, 5.74) is 3.58. The number of phenolic OH excluding ortho intramolecular Hbond substituents is 1. The minimum atomic E-state index is -0.380. The molecular weight excluding hydrogens is 459 g/mol. The highest BCUT2D eigenvalue weighted by atomic mass is 127. The second-order valence-corrected chi connectivity index (χ2v) is 6.81. The Balaban J connectivity index is 1.83. The number of halogens is 1. The number of phenols is 1. The third-order valence-electron chi connectivity index (χ3n) is 3.96. The largest absolute Gasteiger partial charge is 0.504 e. The molecule has 27 heavy (non-hydrogen) atoms. The molecule has 0 fully saturated rings. The summed E-state index contributed by atoms with van der Waals surface area (Å²) in [7, 11) is 2.99. The van der Waals surface area contributed by atoms with Crippen LogP contribution in [0.1, 0.15) is 15.9 Å². The maximum Gasteiger partial charge on any atom is 0.275 e. The Morgan fingerprint density at radius 3 is 2.41 bits per heavy atom. The average Bonchev–Trinajstić information content (AvgIpc) is 2.69. The van der Waals surface area contributed by atoms with Gasteiger partial charge in [-0.05, 0) is 63.2 Å². The lowest BCUT2D eigenvalue weighted by Crippen LogP contribution is -2.18. The van der Waals surface area contributed by atoms with Crippen molar-refractivity contribution < 1.29 is 19.4 Å². The Bertz CT molecular complexity index is 1030. The van der Waals surface area contributed by atoms with Crippen molar-refractivity contribution in [1.82, 2.24) is 5.43 Å². The Hall–Kier alpha value is -2.81. The molecule has 0 spiro atoms. The summed E-state index contributed by atoms with van der Waals surface area (Å²) >= 11 is 2.00. The summed E-state index contributed by atoms with van der Waals surface area (Å²) in [5, 5.41) is 15.8. The summed E-state index contributed by atoms with van der Waals surface area (Å²) in [6, 6.07) is 14.7. The van der Waals surface area contributed by atoms with Crippen molar-refractivity contribution in [3.8, 4) is 17.2 Å². The van der Waals surface area contributed by atoms with Crippen molar-refractivity contribution in [3.63, 3.8) is 0 Å². The first-order valence-corrected chi connectivity index (χ1v) is 9.08. The first-order chi connectivity index (χ1) is 13.0. The van der Waals surface area contributed by atoms with Gasteiger partial charge in [-0.1, -0.05) is 24.3 Å². The zero-order chi connectivity index (χ0) is 19.4. The number of nitrogens with one attached hydrogen (secondary N) is 1. The number of carbonyl (C=O) groups excluding carboxylic acids is 1. The summed E-state index contributed by atoms with van der Waals surface area (Å²) in [6.07, 6.45) is 1.48. The number of hydrogen-bond donors (Lipinski definition) is 2. The van der Waals surface area contributed by atoms with Crippen LogP contribution in [0.5, 0.6) is 17.2 Å². The molecule has 2 N–H and O–H groups in total. The number of benzene rings is 3. The van der Waals surface area contributed by atoms with Crippen LogP contribution in [-0.4, -0.2) is 31.4 Å². The van der Waals surface area contributed by atoms with Crippen LogP contribution in [-0.2, 0) is 0 Å². The SMILES string of the molecule is COc1cc2ccccc2cc1C(=O)N/N=C/c1cc(I)c(O)c(OC)c1. The van der Waals surface area contributed by atoms with Crippen LogP contribution in [0.15, 0.2) is 53.6 Å². The topological polar surface area (TPSA) is 80.2 Å². The molecule has 6 nitrogen and oxygen atoms in total. The summed E-state index contributed by atoms with van der Waals surface area (Å²) in [6.45, 7) is 0. The monoisotopic (exact) mass is 476 g/mol. The van der Waals surface area contributed by atoms with Gasteiger partial charge in [-0.25, -0.2) is 5.43 Å². The number of aromatic hydroxyl groups is 1. The van der Waals surface area contributed by atoms with Gasteiger partial charge < -0.3 is 14.6 Å². The number of fused-ring (bicyclic) bond motifs is 1. The lowest BCUT2D eigenvalue weighted by Gasteiger charge is -2.09. The van der Waals surface area contributed by atoms with Gasteiger partial charge in [0.15, 0.2) is 11.5 Å². The minimum absolute atomic E-state index is 0.0696. The summed E-state index contributed by atoms with van der Waals surface area (Å²) in [4.78, 5) is 12.5. The smallest absolute Gasteiger partial charge is 0.275 e. The normalized spacial score (nSPS) is 10.9. The lowest BCUT2D eigenvalue weighted by molar-refractivity contribution is 0.0952. The summed E-state index contributed by atoms with van der Waals surface area (Å²) in [5.74, 6) is 0.502. The van der Waals surface area contributed by atoms with E-state index in [0.717, 1.165) is 10.8 Å². The first-order valence-electron chi connectivity index (χ1n) is 8.00. The molecule has 0 unspecified atom stereocenters. The summed E-state index contributed by atoms with van der Waals surface area (Å²) < 4.78 is 11.1. The van der Waals surface area contributed by atoms with Gasteiger partial charge in [0.05, 0.1) is 29.6 Å². The van der Waals surface area contributed by atoms with E-state index >= 15 is 0 Å². The molecule has 0 aliphatic rings. The van der Waals surface area contributed by atoms with Gasteiger partial charge in [0, 0.05) is 0 Å². The standard InChI is InChI=1S/C20H17IN2O4/c1-26-17-10-14-6-4-3-5-13(14)9-15(17)20(25)23-22-11-12-7-16(21)19(24)18(8-12)27-2/h3-11,24H,1-2H3,(H,23,25)/b22-11+. The van der Waals surface area contributed by atoms with Crippen LogP contribution in [0, 0.1) is 3.57 Å². The number of rotatable bonds is 5. The molecule has 0 atom stereocenters. The number of carbonyl (C=O) groups is 1. The number of amides is 1. The van der Waals surface area contributed by atoms with E-state index in [2.05, 4.69) is 10.5 Å². The van der Waals surface area contributed by atoms with E-state index in [0.29, 0.717) is 26.2 Å². The highest BCUT2D eigenvalue weighted by molar-refractivity contribution is 14.1. The maximum absolute atomic E-state index is 12.5. The highest BCUT2D eigenvalue weighted by Crippen LogP contribution is 2.31. The minimum Gasteiger partial charge on any atom is -0.504 e. The van der Waals surface area contributed by atoms with Gasteiger partial charge in [0.25, 0.3) is 5.91 Å². The van der Waals surface area contributed by atoms with Crippen LogP contribution >= 0.6 is 22.6 Å². The fraction of sp³-hybridized carbons (Fsp3) is 0.100. The highest BCUT2D eigenvalue weighted by Gasteiger charge is 2.13. The van der Waals surface area contributed by atoms with E-state index in [1.54, 1.807) is 18.2 Å². The molecule has 0 radical (unpaired) electrons. The Kier molecular flexibility index (Phi) is 5.80. The fourth-order valence-corrected chi connectivity index (χ4v) is 3.24. The predicted molar refractivity (Wildman–Crippen MR) is 113 cm³/mol. The molecule has 7 heteroatoms. The lowest BCUT2D eigenvalue weighted by atomic mass is 10.1. The van der Waals surface area contributed by atoms with Crippen LogP contribution < -0.4 is 14.9 Å². The quantitative estimate of drug-likeness (QED) is 0.332. The van der Waals surface area contributed by atoms with Gasteiger partial charge in [-0.3, -0.25) is 4.79 Å². The third-order valence-corrected chi connectivity index (χ3v) is 4.79. The van der Waals surface area contributed by atoms with E-state index in [1.807, 2.05) is 52.9 Å². The predicted octanol–water partition coefficient (Wildman–Crippen LogP) is 3.93. The molecule has 0 aromatic heterocycles. The fourth-order valence-electron chi connectivity index (χ4n) is 2.62. The van der Waals surface area contributed by atoms with Gasteiger partial charge in [-0.2, -0.15) is 5.10 Å². The number of ether oxygens (including phenoxy) is 2. The second-order valence-electron chi connectivity index (χ2n) is 5.65. The average molecular weight is 476 g/mol. The third kappa shape index (κ3) is 4.13. The Morgan fingerprint density at radius 2 is 1.74 bits per heavy atom. The van der Waals surface area contributed by atoms with Crippen molar-refractivity contribution in [2.24, 2.45) is 5.10 Å². The van der Waals surface area contributed by atoms with Gasteiger partial charge >= 0.3 is 0 Å². The molecule has 0 saturated carbocycles. The molecule has 0 aliphatic carbocycles. The van der Waals surface area contributed by atoms with Gasteiger partial charge in [0.1, 0.15) is 5.75 Å². The van der Waals surface area contributed by atoms with E-state index in [1.165, 1.54) is 20.4 Å². The van der Waals surface area contributed by atoms with Crippen LogP contribution in [0.3, 0.4) is 0 Å². The Morgan fingerprint density at radius 1 is 1.07 bits per heavy atom. The van der Waals surface area contributed by atoms with Crippen LogP contribution in [0.4, 0.5) is 0 Å². The van der Waals surface area contributed by atoms with Crippen molar-refractivity contribution in [2.45, 2.75) is 0 Å². The number of methoxy groups -OCH3 is 2. The van der Waals surface area contributed by atoms with Gasteiger partial charge in [-0.15, -0.1) is 0 Å².